The van der Waals surface area contributed by atoms with E-state index in [0.29, 0.717) is 5.69 Å². The molecule has 0 spiro atoms. The highest BCUT2D eigenvalue weighted by atomic mass is 16.5. The molecule has 0 aliphatic carbocycles. The van der Waals surface area contributed by atoms with Crippen molar-refractivity contribution in [2.75, 3.05) is 5.32 Å². The van der Waals surface area contributed by atoms with Crippen LogP contribution < -0.4 is 10.1 Å². The zero-order valence-electron chi connectivity index (χ0n) is 16.4. The predicted molar refractivity (Wildman–Crippen MR) is 119 cm³/mol. The second kappa shape index (κ2) is 10.4. The monoisotopic (exact) mass is 413 g/mol. The minimum absolute atomic E-state index is 0.167. The molecule has 31 heavy (non-hydrogen) atoms. The Labute approximate surface area is 179 Å². The Morgan fingerprint density at radius 3 is 1.94 bits per heavy atom. The van der Waals surface area contributed by atoms with E-state index in [-0.39, 0.29) is 11.3 Å². The van der Waals surface area contributed by atoms with E-state index in [2.05, 4.69) is 5.32 Å². The number of rotatable bonds is 7. The fourth-order valence-corrected chi connectivity index (χ4v) is 2.65. The number of benzene rings is 3. The van der Waals surface area contributed by atoms with Crippen LogP contribution in [0.25, 0.3) is 12.2 Å². The molecular formula is C25H19NO5. The number of carboxylic acids is 1. The molecule has 0 heterocycles. The van der Waals surface area contributed by atoms with E-state index in [1.165, 1.54) is 30.4 Å². The minimum Gasteiger partial charge on any atom is -0.478 e. The summed E-state index contributed by atoms with van der Waals surface area (Å²) in [5.41, 5.74) is 1.75. The molecular weight excluding hydrogens is 394 g/mol. The van der Waals surface area contributed by atoms with Gasteiger partial charge in [-0.15, -0.1) is 0 Å². The topological polar surface area (TPSA) is 92.7 Å². The van der Waals surface area contributed by atoms with E-state index >= 15 is 0 Å². The van der Waals surface area contributed by atoms with Crippen LogP contribution in [0.2, 0.25) is 0 Å². The van der Waals surface area contributed by atoms with Crippen LogP contribution in [0.4, 0.5) is 5.69 Å². The average molecular weight is 413 g/mol. The van der Waals surface area contributed by atoms with Gasteiger partial charge in [-0.2, -0.15) is 0 Å². The van der Waals surface area contributed by atoms with Gasteiger partial charge in [-0.1, -0.05) is 60.7 Å². The van der Waals surface area contributed by atoms with Crippen LogP contribution in [0.3, 0.4) is 0 Å². The standard InChI is InChI=1S/C25H19NO5/c27-23(15-11-18-7-3-1-4-8-18)26-20-13-14-21(25(29)30)22(17-20)31-24(28)16-12-19-9-5-2-6-10-19/h1-17H,(H,26,27)(H,29,30)/b15-11+,16-12+. The van der Waals surface area contributed by atoms with Crippen molar-refractivity contribution in [3.63, 3.8) is 0 Å². The van der Waals surface area contributed by atoms with Gasteiger partial charge in [0.25, 0.3) is 0 Å². The predicted octanol–water partition coefficient (Wildman–Crippen LogP) is 4.66. The van der Waals surface area contributed by atoms with Crippen LogP contribution in [0.5, 0.6) is 5.75 Å². The molecule has 0 saturated heterocycles. The number of ether oxygens (including phenoxy) is 1. The maximum absolute atomic E-state index is 12.2. The largest absolute Gasteiger partial charge is 0.478 e. The average Bonchev–Trinajstić information content (AvgIpc) is 2.78. The normalized spacial score (nSPS) is 10.8. The number of nitrogens with one attached hydrogen (secondary N) is 1. The molecule has 0 radical (unpaired) electrons. The number of aromatic carboxylic acids is 1. The van der Waals surface area contributed by atoms with E-state index in [1.807, 2.05) is 60.7 Å². The van der Waals surface area contributed by atoms with E-state index in [0.717, 1.165) is 11.1 Å². The highest BCUT2D eigenvalue weighted by molar-refractivity contribution is 6.03. The molecule has 3 aromatic rings. The molecule has 0 atom stereocenters. The van der Waals surface area contributed by atoms with Crippen molar-refractivity contribution in [1.82, 2.24) is 0 Å². The van der Waals surface area contributed by atoms with Crippen molar-refractivity contribution in [2.45, 2.75) is 0 Å². The van der Waals surface area contributed by atoms with Gasteiger partial charge >= 0.3 is 11.9 Å². The van der Waals surface area contributed by atoms with Gasteiger partial charge in [0.15, 0.2) is 0 Å². The van der Waals surface area contributed by atoms with E-state index in [1.54, 1.807) is 12.2 Å². The summed E-state index contributed by atoms with van der Waals surface area (Å²) in [6.45, 7) is 0. The Hall–Kier alpha value is -4.45. The summed E-state index contributed by atoms with van der Waals surface area (Å²) in [4.78, 5) is 35.8. The van der Waals surface area contributed by atoms with E-state index in [4.69, 9.17) is 4.74 Å². The third-order valence-electron chi connectivity index (χ3n) is 4.13. The Balaban J connectivity index is 1.72. The summed E-state index contributed by atoms with van der Waals surface area (Å²) in [6.07, 6.45) is 5.77. The van der Waals surface area contributed by atoms with E-state index in [9.17, 15) is 19.5 Å². The van der Waals surface area contributed by atoms with Gasteiger partial charge in [0, 0.05) is 23.9 Å². The Morgan fingerprint density at radius 1 is 0.774 bits per heavy atom. The molecule has 3 aromatic carbocycles. The van der Waals surface area contributed by atoms with Crippen molar-refractivity contribution in [2.24, 2.45) is 0 Å². The number of carbonyl (C=O) groups is 3. The van der Waals surface area contributed by atoms with Crippen molar-refractivity contribution >= 4 is 35.7 Å². The Morgan fingerprint density at radius 2 is 1.35 bits per heavy atom. The van der Waals surface area contributed by atoms with Gasteiger partial charge in [-0.05, 0) is 35.4 Å². The molecule has 0 saturated carbocycles. The molecule has 0 aromatic heterocycles. The molecule has 0 bridgehead atoms. The minimum atomic E-state index is -1.25. The number of carbonyl (C=O) groups excluding carboxylic acids is 2. The van der Waals surface area contributed by atoms with Crippen LogP contribution >= 0.6 is 0 Å². The third-order valence-corrected chi connectivity index (χ3v) is 4.13. The number of anilines is 1. The van der Waals surface area contributed by atoms with Crippen LogP contribution in [-0.4, -0.2) is 23.0 Å². The van der Waals surface area contributed by atoms with Gasteiger partial charge < -0.3 is 15.2 Å². The van der Waals surface area contributed by atoms with Crippen molar-refractivity contribution in [1.29, 1.82) is 0 Å². The van der Waals surface area contributed by atoms with Crippen molar-refractivity contribution < 1.29 is 24.2 Å². The van der Waals surface area contributed by atoms with Crippen LogP contribution in [-0.2, 0) is 9.59 Å². The maximum Gasteiger partial charge on any atom is 0.339 e. The molecule has 6 heteroatoms. The summed E-state index contributed by atoms with van der Waals surface area (Å²) in [6, 6.07) is 22.4. The lowest BCUT2D eigenvalue weighted by atomic mass is 10.1. The fraction of sp³-hybridized carbons (Fsp3) is 0. The maximum atomic E-state index is 12.2. The quantitative estimate of drug-likeness (QED) is 0.334. The second-order valence-corrected chi connectivity index (χ2v) is 6.41. The van der Waals surface area contributed by atoms with Crippen molar-refractivity contribution in [3.8, 4) is 5.75 Å². The smallest absolute Gasteiger partial charge is 0.339 e. The number of carboxylic acid groups (broad SMARTS) is 1. The van der Waals surface area contributed by atoms with Gasteiger partial charge in [0.2, 0.25) is 5.91 Å². The van der Waals surface area contributed by atoms with Gasteiger partial charge in [0.1, 0.15) is 11.3 Å². The van der Waals surface area contributed by atoms with Gasteiger partial charge in [0.05, 0.1) is 0 Å². The fourth-order valence-electron chi connectivity index (χ4n) is 2.65. The second-order valence-electron chi connectivity index (χ2n) is 6.41. The van der Waals surface area contributed by atoms with Gasteiger partial charge in [-0.25, -0.2) is 9.59 Å². The lowest BCUT2D eigenvalue weighted by molar-refractivity contribution is -0.128. The lowest BCUT2D eigenvalue weighted by Crippen LogP contribution is -2.11. The zero-order chi connectivity index (χ0) is 22.1. The summed E-state index contributed by atoms with van der Waals surface area (Å²) in [5, 5.41) is 12.0. The molecule has 154 valence electrons. The summed E-state index contributed by atoms with van der Waals surface area (Å²) >= 11 is 0. The summed E-state index contributed by atoms with van der Waals surface area (Å²) in [5.74, 6) is -2.57. The number of esters is 1. The van der Waals surface area contributed by atoms with Crippen LogP contribution in [0.15, 0.2) is 91.0 Å². The molecule has 3 rings (SSSR count). The first kappa shape index (κ1) is 21.3. The highest BCUT2D eigenvalue weighted by Crippen LogP contribution is 2.24. The Bertz CT molecular complexity index is 1140. The SMILES string of the molecule is O=C(/C=C/c1ccccc1)Nc1ccc(C(=O)O)c(OC(=O)/C=C/c2ccccc2)c1. The van der Waals surface area contributed by atoms with Crippen molar-refractivity contribution in [3.05, 3.63) is 108 Å². The van der Waals surface area contributed by atoms with Gasteiger partial charge in [-0.3, -0.25) is 4.79 Å². The first-order valence-electron chi connectivity index (χ1n) is 9.37. The molecule has 6 nitrogen and oxygen atoms in total. The lowest BCUT2D eigenvalue weighted by Gasteiger charge is -2.09. The van der Waals surface area contributed by atoms with Crippen LogP contribution in [0.1, 0.15) is 21.5 Å². The summed E-state index contributed by atoms with van der Waals surface area (Å²) in [7, 11) is 0. The summed E-state index contributed by atoms with van der Waals surface area (Å²) < 4.78 is 5.20. The molecule has 2 N–H and O–H groups in total. The molecule has 0 unspecified atom stereocenters. The molecule has 0 aliphatic heterocycles. The first-order chi connectivity index (χ1) is 15.0. The third kappa shape index (κ3) is 6.54. The Kier molecular flexibility index (Phi) is 7.11. The zero-order valence-corrected chi connectivity index (χ0v) is 16.4. The number of amides is 1. The first-order valence-corrected chi connectivity index (χ1v) is 9.37. The molecule has 0 fully saturated rings. The molecule has 1 amide bonds. The van der Waals surface area contributed by atoms with E-state index < -0.39 is 17.8 Å². The highest BCUT2D eigenvalue weighted by Gasteiger charge is 2.15. The van der Waals surface area contributed by atoms with Crippen LogP contribution in [0, 0.1) is 0 Å². The number of hydrogen-bond acceptors (Lipinski definition) is 4. The number of hydrogen-bond donors (Lipinski definition) is 2. The molecule has 0 aliphatic rings.